The van der Waals surface area contributed by atoms with Crippen LogP contribution < -0.4 is 0 Å². The van der Waals surface area contributed by atoms with Crippen molar-refractivity contribution < 1.29 is 0 Å². The first-order valence-corrected chi connectivity index (χ1v) is 9.79. The third-order valence-electron chi connectivity index (χ3n) is 5.61. The maximum Gasteiger partial charge on any atom is 0.0595 e. The summed E-state index contributed by atoms with van der Waals surface area (Å²) in [6.45, 7) is 3.70. The SMILES string of the molecule is Br.Br.CN(CCc1ccc(Cl)c(Cl)c1)[C@H]1CCCC[C@H]1N1CCCC1. The molecule has 25 heavy (non-hydrogen) atoms. The van der Waals surface area contributed by atoms with Crippen LogP contribution in [-0.2, 0) is 6.42 Å². The molecule has 0 aromatic heterocycles. The molecule has 0 radical (unpaired) electrons. The normalized spacial score (nSPS) is 24.0. The monoisotopic (exact) mass is 514 g/mol. The van der Waals surface area contributed by atoms with Crippen molar-refractivity contribution >= 4 is 57.2 Å². The van der Waals surface area contributed by atoms with Crippen molar-refractivity contribution in [3.05, 3.63) is 33.8 Å². The summed E-state index contributed by atoms with van der Waals surface area (Å²) in [5.74, 6) is 0. The van der Waals surface area contributed by atoms with Crippen molar-refractivity contribution in [2.24, 2.45) is 0 Å². The van der Waals surface area contributed by atoms with E-state index in [1.807, 2.05) is 12.1 Å². The van der Waals surface area contributed by atoms with E-state index < -0.39 is 0 Å². The second kappa shape index (κ2) is 11.5. The fourth-order valence-corrected chi connectivity index (χ4v) is 4.59. The minimum Gasteiger partial charge on any atom is -0.302 e. The van der Waals surface area contributed by atoms with Crippen LogP contribution in [0.3, 0.4) is 0 Å². The zero-order valence-electron chi connectivity index (χ0n) is 14.9. The van der Waals surface area contributed by atoms with E-state index in [1.165, 1.54) is 57.2 Å². The Morgan fingerprint density at radius 2 is 1.68 bits per heavy atom. The lowest BCUT2D eigenvalue weighted by molar-refractivity contribution is 0.0771. The predicted octanol–water partition coefficient (Wildman–Crippen LogP) is 6.03. The first-order chi connectivity index (χ1) is 11.1. The number of hydrogen-bond donors (Lipinski definition) is 0. The van der Waals surface area contributed by atoms with Crippen LogP contribution in [0.4, 0.5) is 0 Å². The third kappa shape index (κ3) is 6.36. The van der Waals surface area contributed by atoms with Gasteiger partial charge in [0, 0.05) is 18.6 Å². The topological polar surface area (TPSA) is 6.48 Å². The molecule has 3 rings (SSSR count). The van der Waals surface area contributed by atoms with Gasteiger partial charge in [-0.05, 0) is 69.9 Å². The quantitative estimate of drug-likeness (QED) is 0.471. The Labute approximate surface area is 183 Å². The van der Waals surface area contributed by atoms with Gasteiger partial charge < -0.3 is 4.90 Å². The molecule has 1 saturated carbocycles. The van der Waals surface area contributed by atoms with E-state index in [1.54, 1.807) is 0 Å². The number of halogens is 4. The average Bonchev–Trinajstić information content (AvgIpc) is 3.10. The molecule has 1 aliphatic carbocycles. The molecule has 0 bridgehead atoms. The summed E-state index contributed by atoms with van der Waals surface area (Å²) in [7, 11) is 2.30. The Hall–Kier alpha value is 0.680. The van der Waals surface area contributed by atoms with Gasteiger partial charge in [0.05, 0.1) is 10.0 Å². The molecule has 0 unspecified atom stereocenters. The Morgan fingerprint density at radius 3 is 2.36 bits per heavy atom. The minimum atomic E-state index is 0. The molecular weight excluding hydrogens is 487 g/mol. The molecule has 1 heterocycles. The number of benzene rings is 1. The van der Waals surface area contributed by atoms with Crippen molar-refractivity contribution in [3.8, 4) is 0 Å². The Balaban J connectivity index is 0.00000156. The number of likely N-dealkylation sites (N-methyl/N-ethyl adjacent to an activating group) is 1. The highest BCUT2D eigenvalue weighted by atomic mass is 79.9. The molecule has 0 amide bonds. The molecule has 144 valence electrons. The van der Waals surface area contributed by atoms with Crippen molar-refractivity contribution in [2.75, 3.05) is 26.7 Å². The molecule has 2 atom stereocenters. The first kappa shape index (κ1) is 23.7. The van der Waals surface area contributed by atoms with Gasteiger partial charge in [0.2, 0.25) is 0 Å². The van der Waals surface area contributed by atoms with Crippen LogP contribution in [0.1, 0.15) is 44.1 Å². The Kier molecular flexibility index (Phi) is 10.9. The van der Waals surface area contributed by atoms with Gasteiger partial charge in [-0.1, -0.05) is 42.1 Å². The van der Waals surface area contributed by atoms with Crippen molar-refractivity contribution in [1.29, 1.82) is 0 Å². The smallest absolute Gasteiger partial charge is 0.0595 e. The molecule has 2 aliphatic rings. The maximum absolute atomic E-state index is 6.13. The highest BCUT2D eigenvalue weighted by Crippen LogP contribution is 2.29. The second-order valence-electron chi connectivity index (χ2n) is 7.14. The minimum absolute atomic E-state index is 0. The number of likely N-dealkylation sites (tertiary alicyclic amines) is 1. The standard InChI is InChI=1S/C19H28Cl2N2.2BrH/c1-22(13-10-15-8-9-16(20)17(21)14-15)18-6-2-3-7-19(18)23-11-4-5-12-23;;/h8-9,14,18-19H,2-7,10-13H2,1H3;2*1H/t18-,19+;;/m0../s1. The van der Waals surface area contributed by atoms with Crippen LogP contribution in [0.2, 0.25) is 10.0 Å². The van der Waals surface area contributed by atoms with Gasteiger partial charge in [-0.25, -0.2) is 0 Å². The Morgan fingerprint density at radius 1 is 1.00 bits per heavy atom. The van der Waals surface area contributed by atoms with Gasteiger partial charge in [0.15, 0.2) is 0 Å². The average molecular weight is 517 g/mol. The van der Waals surface area contributed by atoms with E-state index in [2.05, 4.69) is 22.9 Å². The second-order valence-corrected chi connectivity index (χ2v) is 7.96. The number of rotatable bonds is 5. The molecule has 0 N–H and O–H groups in total. The van der Waals surface area contributed by atoms with E-state index in [9.17, 15) is 0 Å². The summed E-state index contributed by atoms with van der Waals surface area (Å²) < 4.78 is 0. The molecule has 2 fully saturated rings. The molecule has 1 aromatic carbocycles. The van der Waals surface area contributed by atoms with E-state index in [4.69, 9.17) is 23.2 Å². The molecule has 1 aromatic rings. The lowest BCUT2D eigenvalue weighted by Crippen LogP contribution is -2.51. The summed E-state index contributed by atoms with van der Waals surface area (Å²) in [6, 6.07) is 7.50. The van der Waals surface area contributed by atoms with E-state index >= 15 is 0 Å². The third-order valence-corrected chi connectivity index (χ3v) is 6.35. The van der Waals surface area contributed by atoms with Gasteiger partial charge >= 0.3 is 0 Å². The molecule has 2 nitrogen and oxygen atoms in total. The lowest BCUT2D eigenvalue weighted by Gasteiger charge is -2.42. The predicted molar refractivity (Wildman–Crippen MR) is 120 cm³/mol. The zero-order valence-corrected chi connectivity index (χ0v) is 19.9. The van der Waals surface area contributed by atoms with E-state index in [0.717, 1.165) is 19.0 Å². The van der Waals surface area contributed by atoms with Crippen LogP contribution in [0.15, 0.2) is 18.2 Å². The maximum atomic E-state index is 6.13. The van der Waals surface area contributed by atoms with Crippen LogP contribution in [0.5, 0.6) is 0 Å². The van der Waals surface area contributed by atoms with E-state index in [-0.39, 0.29) is 34.0 Å². The molecule has 1 saturated heterocycles. The zero-order chi connectivity index (χ0) is 16.2. The van der Waals surface area contributed by atoms with Crippen LogP contribution in [0.25, 0.3) is 0 Å². The lowest BCUT2D eigenvalue weighted by atomic mass is 9.88. The first-order valence-electron chi connectivity index (χ1n) is 9.03. The van der Waals surface area contributed by atoms with Gasteiger partial charge in [-0.3, -0.25) is 4.90 Å². The number of nitrogens with zero attached hydrogens (tertiary/aromatic N) is 2. The van der Waals surface area contributed by atoms with E-state index in [0.29, 0.717) is 16.1 Å². The molecule has 6 heteroatoms. The fourth-order valence-electron chi connectivity index (χ4n) is 4.27. The van der Waals surface area contributed by atoms with Gasteiger partial charge in [0.1, 0.15) is 0 Å². The van der Waals surface area contributed by atoms with Crippen LogP contribution >= 0.6 is 57.2 Å². The summed E-state index contributed by atoms with van der Waals surface area (Å²) in [6.07, 6.45) is 9.31. The molecule has 1 aliphatic heterocycles. The number of hydrogen-bond acceptors (Lipinski definition) is 2. The van der Waals surface area contributed by atoms with Gasteiger partial charge in [-0.2, -0.15) is 0 Å². The molecule has 0 spiro atoms. The summed E-state index contributed by atoms with van der Waals surface area (Å²) in [5, 5.41) is 1.31. The van der Waals surface area contributed by atoms with Crippen molar-refractivity contribution in [2.45, 2.75) is 57.0 Å². The van der Waals surface area contributed by atoms with Crippen molar-refractivity contribution in [3.63, 3.8) is 0 Å². The fraction of sp³-hybridized carbons (Fsp3) is 0.684. The highest BCUT2D eigenvalue weighted by molar-refractivity contribution is 8.93. The van der Waals surface area contributed by atoms with Crippen LogP contribution in [-0.4, -0.2) is 48.6 Å². The van der Waals surface area contributed by atoms with Crippen molar-refractivity contribution in [1.82, 2.24) is 9.80 Å². The summed E-state index contributed by atoms with van der Waals surface area (Å²) in [5.41, 5.74) is 1.28. The largest absolute Gasteiger partial charge is 0.302 e. The van der Waals surface area contributed by atoms with Crippen LogP contribution in [0, 0.1) is 0 Å². The molecular formula is C19H30Br2Cl2N2. The summed E-state index contributed by atoms with van der Waals surface area (Å²) >= 11 is 12.1. The van der Waals surface area contributed by atoms with Gasteiger partial charge in [-0.15, -0.1) is 34.0 Å². The Bertz CT molecular complexity index is 524. The van der Waals surface area contributed by atoms with Gasteiger partial charge in [0.25, 0.3) is 0 Å². The summed E-state index contributed by atoms with van der Waals surface area (Å²) in [4.78, 5) is 5.34. The highest BCUT2D eigenvalue weighted by Gasteiger charge is 2.33.